The Bertz CT molecular complexity index is 361. The second kappa shape index (κ2) is 4.09. The molecule has 0 saturated carbocycles. The molecular weight excluding hydrogens is 187 g/mol. The van der Waals surface area contributed by atoms with Crippen LogP contribution in [0.2, 0.25) is 0 Å². The topological polar surface area (TPSA) is 46.5 Å². The van der Waals surface area contributed by atoms with E-state index in [0.717, 1.165) is 12.1 Å². The van der Waals surface area contributed by atoms with Crippen LogP contribution in [0.4, 0.5) is 4.39 Å². The molecule has 14 heavy (non-hydrogen) atoms. The molecule has 1 N–H and O–H groups in total. The molecule has 0 bridgehead atoms. The van der Waals surface area contributed by atoms with Gasteiger partial charge in [-0.05, 0) is 19.9 Å². The van der Waals surface area contributed by atoms with Gasteiger partial charge in [0.1, 0.15) is 5.75 Å². The molecule has 0 aliphatic rings. The summed E-state index contributed by atoms with van der Waals surface area (Å²) in [6.45, 7) is 3.20. The number of rotatable bonds is 3. The van der Waals surface area contributed by atoms with E-state index in [4.69, 9.17) is 4.74 Å². The standard InChI is InChI=1S/C10H11FO3/c1-3-14-9-5-7(13)4-8(6(2)12)10(9)11/h4-5,13H,3H2,1-2H3. The maximum Gasteiger partial charge on any atom is 0.176 e. The minimum atomic E-state index is -0.725. The van der Waals surface area contributed by atoms with Crippen LogP contribution in [0.1, 0.15) is 24.2 Å². The quantitative estimate of drug-likeness (QED) is 0.757. The van der Waals surface area contributed by atoms with Crippen LogP contribution in [0.3, 0.4) is 0 Å². The molecule has 0 aliphatic carbocycles. The summed E-state index contributed by atoms with van der Waals surface area (Å²) in [6.07, 6.45) is 0. The van der Waals surface area contributed by atoms with Crippen molar-refractivity contribution in [2.75, 3.05) is 6.61 Å². The van der Waals surface area contributed by atoms with Gasteiger partial charge in [-0.2, -0.15) is 0 Å². The number of hydrogen-bond donors (Lipinski definition) is 1. The summed E-state index contributed by atoms with van der Waals surface area (Å²) in [5.41, 5.74) is -0.159. The Morgan fingerprint density at radius 3 is 2.71 bits per heavy atom. The second-order valence-electron chi connectivity index (χ2n) is 2.79. The van der Waals surface area contributed by atoms with Gasteiger partial charge < -0.3 is 9.84 Å². The average Bonchev–Trinajstić information content (AvgIpc) is 2.10. The van der Waals surface area contributed by atoms with Gasteiger partial charge in [-0.1, -0.05) is 0 Å². The fourth-order valence-electron chi connectivity index (χ4n) is 1.10. The van der Waals surface area contributed by atoms with Crippen molar-refractivity contribution in [2.45, 2.75) is 13.8 Å². The lowest BCUT2D eigenvalue weighted by atomic mass is 10.1. The van der Waals surface area contributed by atoms with Crippen LogP contribution < -0.4 is 4.74 Å². The zero-order valence-corrected chi connectivity index (χ0v) is 8.00. The Kier molecular flexibility index (Phi) is 3.06. The monoisotopic (exact) mass is 198 g/mol. The molecule has 0 radical (unpaired) electrons. The molecule has 0 fully saturated rings. The predicted molar refractivity (Wildman–Crippen MR) is 49.2 cm³/mol. The van der Waals surface area contributed by atoms with Gasteiger partial charge in [-0.25, -0.2) is 4.39 Å². The summed E-state index contributed by atoms with van der Waals surface area (Å²) in [7, 11) is 0. The number of carbonyl (C=O) groups excluding carboxylic acids is 1. The number of phenolic OH excluding ortho intramolecular Hbond substituents is 1. The van der Waals surface area contributed by atoms with Gasteiger partial charge in [-0.15, -0.1) is 0 Å². The number of carbonyl (C=O) groups is 1. The lowest BCUT2D eigenvalue weighted by molar-refractivity contribution is 0.101. The lowest BCUT2D eigenvalue weighted by Gasteiger charge is -2.07. The molecule has 0 heterocycles. The van der Waals surface area contributed by atoms with E-state index in [0.29, 0.717) is 0 Å². The fourth-order valence-corrected chi connectivity index (χ4v) is 1.10. The third-order valence-electron chi connectivity index (χ3n) is 1.70. The molecule has 0 spiro atoms. The first-order valence-electron chi connectivity index (χ1n) is 4.22. The highest BCUT2D eigenvalue weighted by Crippen LogP contribution is 2.26. The number of Topliss-reactive ketones (excluding diaryl/α,β-unsaturated/α-hetero) is 1. The number of halogens is 1. The van der Waals surface area contributed by atoms with Gasteiger partial charge in [-0.3, -0.25) is 4.79 Å². The summed E-state index contributed by atoms with van der Waals surface area (Å²) in [5.74, 6) is -1.45. The van der Waals surface area contributed by atoms with Crippen molar-refractivity contribution in [2.24, 2.45) is 0 Å². The number of benzene rings is 1. The van der Waals surface area contributed by atoms with Gasteiger partial charge in [0.05, 0.1) is 12.2 Å². The van der Waals surface area contributed by atoms with Crippen LogP contribution in [-0.4, -0.2) is 17.5 Å². The van der Waals surface area contributed by atoms with Crippen molar-refractivity contribution in [3.63, 3.8) is 0 Å². The SMILES string of the molecule is CCOc1cc(O)cc(C(C)=O)c1F. The number of ketones is 1. The maximum atomic E-state index is 13.4. The molecular formula is C10H11FO3. The van der Waals surface area contributed by atoms with Crippen LogP contribution in [0, 0.1) is 5.82 Å². The molecule has 0 atom stereocenters. The van der Waals surface area contributed by atoms with E-state index in [1.54, 1.807) is 6.92 Å². The molecule has 1 aromatic carbocycles. The molecule has 0 aromatic heterocycles. The molecule has 3 nitrogen and oxygen atoms in total. The summed E-state index contributed by atoms with van der Waals surface area (Å²) in [5, 5.41) is 9.19. The third kappa shape index (κ3) is 2.02. The zero-order valence-electron chi connectivity index (χ0n) is 8.00. The maximum absolute atomic E-state index is 13.4. The molecule has 0 amide bonds. The minimum absolute atomic E-state index is 0.0994. The first kappa shape index (κ1) is 10.5. The molecule has 4 heteroatoms. The molecule has 76 valence electrons. The van der Waals surface area contributed by atoms with E-state index in [-0.39, 0.29) is 23.7 Å². The normalized spacial score (nSPS) is 9.93. The van der Waals surface area contributed by atoms with Crippen LogP contribution in [-0.2, 0) is 0 Å². The van der Waals surface area contributed by atoms with Gasteiger partial charge in [0.15, 0.2) is 17.3 Å². The first-order chi connectivity index (χ1) is 6.56. The molecule has 0 saturated heterocycles. The van der Waals surface area contributed by atoms with Crippen molar-refractivity contribution in [1.29, 1.82) is 0 Å². The predicted octanol–water partition coefficient (Wildman–Crippen LogP) is 2.13. The van der Waals surface area contributed by atoms with Gasteiger partial charge in [0.25, 0.3) is 0 Å². The Hall–Kier alpha value is -1.58. The fraction of sp³-hybridized carbons (Fsp3) is 0.300. The van der Waals surface area contributed by atoms with Crippen molar-refractivity contribution in [1.82, 2.24) is 0 Å². The number of hydrogen-bond acceptors (Lipinski definition) is 3. The molecule has 1 aromatic rings. The largest absolute Gasteiger partial charge is 0.508 e. The van der Waals surface area contributed by atoms with Gasteiger partial charge >= 0.3 is 0 Å². The number of aromatic hydroxyl groups is 1. The summed E-state index contributed by atoms with van der Waals surface area (Å²) in [4.78, 5) is 11.0. The highest BCUT2D eigenvalue weighted by Gasteiger charge is 2.14. The lowest BCUT2D eigenvalue weighted by Crippen LogP contribution is -2.01. The third-order valence-corrected chi connectivity index (χ3v) is 1.70. The Labute approximate surface area is 81.1 Å². The summed E-state index contributed by atoms with van der Waals surface area (Å²) >= 11 is 0. The van der Waals surface area contributed by atoms with Crippen LogP contribution in [0.5, 0.6) is 11.5 Å². The number of ether oxygens (including phenoxy) is 1. The summed E-state index contributed by atoms with van der Waals surface area (Å²) in [6, 6.07) is 2.23. The van der Waals surface area contributed by atoms with Crippen molar-refractivity contribution < 1.29 is 19.0 Å². The highest BCUT2D eigenvalue weighted by molar-refractivity contribution is 5.95. The zero-order chi connectivity index (χ0) is 10.7. The molecule has 1 rings (SSSR count). The highest BCUT2D eigenvalue weighted by atomic mass is 19.1. The van der Waals surface area contributed by atoms with Crippen molar-refractivity contribution in [3.05, 3.63) is 23.5 Å². The van der Waals surface area contributed by atoms with E-state index in [2.05, 4.69) is 0 Å². The first-order valence-corrected chi connectivity index (χ1v) is 4.22. The minimum Gasteiger partial charge on any atom is -0.508 e. The van der Waals surface area contributed by atoms with E-state index < -0.39 is 11.6 Å². The van der Waals surface area contributed by atoms with Crippen molar-refractivity contribution in [3.8, 4) is 11.5 Å². The Balaban J connectivity index is 3.24. The van der Waals surface area contributed by atoms with Gasteiger partial charge in [0.2, 0.25) is 0 Å². The Morgan fingerprint density at radius 2 is 2.21 bits per heavy atom. The van der Waals surface area contributed by atoms with Crippen molar-refractivity contribution >= 4 is 5.78 Å². The molecule has 0 unspecified atom stereocenters. The van der Waals surface area contributed by atoms with Crippen LogP contribution >= 0.6 is 0 Å². The van der Waals surface area contributed by atoms with Crippen LogP contribution in [0.15, 0.2) is 12.1 Å². The van der Waals surface area contributed by atoms with E-state index >= 15 is 0 Å². The van der Waals surface area contributed by atoms with E-state index in [1.807, 2.05) is 0 Å². The summed E-state index contributed by atoms with van der Waals surface area (Å²) < 4.78 is 18.4. The van der Waals surface area contributed by atoms with Gasteiger partial charge in [0, 0.05) is 6.07 Å². The smallest absolute Gasteiger partial charge is 0.176 e. The number of phenols is 1. The van der Waals surface area contributed by atoms with E-state index in [1.165, 1.54) is 6.92 Å². The molecule has 0 aliphatic heterocycles. The van der Waals surface area contributed by atoms with Crippen LogP contribution in [0.25, 0.3) is 0 Å². The van der Waals surface area contributed by atoms with E-state index in [9.17, 15) is 14.3 Å². The Morgan fingerprint density at radius 1 is 1.57 bits per heavy atom. The average molecular weight is 198 g/mol. The second-order valence-corrected chi connectivity index (χ2v) is 2.79.